The second kappa shape index (κ2) is 5.58. The third kappa shape index (κ3) is 3.75. The van der Waals surface area contributed by atoms with Gasteiger partial charge in [-0.1, -0.05) is 12.8 Å². The zero-order valence-corrected chi connectivity index (χ0v) is 7.04. The van der Waals surface area contributed by atoms with E-state index in [1.165, 1.54) is 12.8 Å². The van der Waals surface area contributed by atoms with Gasteiger partial charge in [-0.05, 0) is 12.8 Å². The molecule has 1 saturated heterocycles. The average molecular weight is 158 g/mol. The lowest BCUT2D eigenvalue weighted by Crippen LogP contribution is -2.25. The molecule has 1 aliphatic heterocycles. The van der Waals surface area contributed by atoms with Gasteiger partial charge in [0, 0.05) is 20.3 Å². The summed E-state index contributed by atoms with van der Waals surface area (Å²) in [6, 6.07) is 0. The van der Waals surface area contributed by atoms with Crippen LogP contribution in [0.15, 0.2) is 0 Å². The van der Waals surface area contributed by atoms with Crippen molar-refractivity contribution in [1.29, 1.82) is 0 Å². The fourth-order valence-corrected chi connectivity index (χ4v) is 1.10. The van der Waals surface area contributed by atoms with Crippen LogP contribution in [0.3, 0.4) is 0 Å². The molecule has 1 rings (SSSR count). The summed E-state index contributed by atoms with van der Waals surface area (Å²) in [5.74, 6) is 0. The van der Waals surface area contributed by atoms with E-state index in [0.717, 1.165) is 26.1 Å². The van der Waals surface area contributed by atoms with Crippen molar-refractivity contribution >= 4 is 7.32 Å². The van der Waals surface area contributed by atoms with Gasteiger partial charge in [-0.25, -0.2) is 0 Å². The van der Waals surface area contributed by atoms with E-state index in [1.54, 1.807) is 7.11 Å². The van der Waals surface area contributed by atoms with Crippen LogP contribution in [0.4, 0.5) is 0 Å². The van der Waals surface area contributed by atoms with Crippen LogP contribution in [0.25, 0.3) is 0 Å². The van der Waals surface area contributed by atoms with Crippen molar-refractivity contribution in [2.75, 3.05) is 20.3 Å². The van der Waals surface area contributed by atoms with Crippen molar-refractivity contribution in [3.8, 4) is 0 Å². The van der Waals surface area contributed by atoms with Crippen LogP contribution >= 0.6 is 0 Å². The van der Waals surface area contributed by atoms with Gasteiger partial charge in [-0.3, -0.25) is 0 Å². The Morgan fingerprint density at radius 2 is 1.55 bits per heavy atom. The maximum absolute atomic E-state index is 5.27. The molecule has 0 saturated carbocycles. The molecule has 0 N–H and O–H groups in total. The van der Waals surface area contributed by atoms with Crippen molar-refractivity contribution in [3.63, 3.8) is 0 Å². The van der Waals surface area contributed by atoms with Gasteiger partial charge >= 0.3 is 7.32 Å². The first-order valence-corrected chi connectivity index (χ1v) is 4.19. The lowest BCUT2D eigenvalue weighted by Gasteiger charge is -2.08. The van der Waals surface area contributed by atoms with Crippen LogP contribution < -0.4 is 0 Å². The predicted octanol–water partition coefficient (Wildman–Crippen LogP) is 1.22. The van der Waals surface area contributed by atoms with Crippen molar-refractivity contribution in [2.45, 2.75) is 25.7 Å². The molecule has 1 aliphatic rings. The summed E-state index contributed by atoms with van der Waals surface area (Å²) in [4.78, 5) is 0. The third-order valence-corrected chi connectivity index (χ3v) is 1.74. The van der Waals surface area contributed by atoms with Crippen LogP contribution in [-0.4, -0.2) is 27.6 Å². The highest BCUT2D eigenvalue weighted by atomic mass is 16.7. The Morgan fingerprint density at radius 3 is 2.00 bits per heavy atom. The molecule has 0 bridgehead atoms. The van der Waals surface area contributed by atoms with Gasteiger partial charge in [-0.15, -0.1) is 0 Å². The molecule has 64 valence electrons. The highest BCUT2D eigenvalue weighted by molar-refractivity contribution is 6.36. The maximum Gasteiger partial charge on any atom is 0.639 e. The van der Waals surface area contributed by atoms with Crippen molar-refractivity contribution in [3.05, 3.63) is 0 Å². The predicted molar refractivity (Wildman–Crippen MR) is 43.1 cm³/mol. The monoisotopic (exact) mass is 158 g/mol. The largest absolute Gasteiger partial charge is 0.639 e. The Labute approximate surface area is 68.2 Å². The van der Waals surface area contributed by atoms with E-state index in [2.05, 4.69) is 0 Å². The second-order valence-corrected chi connectivity index (χ2v) is 2.68. The molecule has 0 spiro atoms. The van der Waals surface area contributed by atoms with E-state index in [-0.39, 0.29) is 0 Å². The van der Waals surface area contributed by atoms with Gasteiger partial charge in [-0.2, -0.15) is 0 Å². The first kappa shape index (κ1) is 9.04. The molecular weight excluding hydrogens is 143 g/mol. The maximum atomic E-state index is 5.27. The molecule has 0 aromatic rings. The molecule has 0 radical (unpaired) electrons. The smallest absolute Gasteiger partial charge is 0.389 e. The molecule has 1 heterocycles. The van der Waals surface area contributed by atoms with Crippen molar-refractivity contribution in [1.82, 2.24) is 0 Å². The van der Waals surface area contributed by atoms with E-state index < -0.39 is 7.32 Å². The first-order valence-electron chi connectivity index (χ1n) is 4.19. The standard InChI is InChI=1S/C7H15BO3/c1-9-8-10-6-4-2-3-5-7-11-8/h2-7H2,1H3. The summed E-state index contributed by atoms with van der Waals surface area (Å²) in [5, 5.41) is 0. The zero-order valence-electron chi connectivity index (χ0n) is 7.04. The molecule has 3 nitrogen and oxygen atoms in total. The summed E-state index contributed by atoms with van der Waals surface area (Å²) in [7, 11) is 1.16. The van der Waals surface area contributed by atoms with E-state index in [9.17, 15) is 0 Å². The van der Waals surface area contributed by atoms with Crippen molar-refractivity contribution < 1.29 is 14.0 Å². The topological polar surface area (TPSA) is 27.7 Å². The molecule has 1 fully saturated rings. The van der Waals surface area contributed by atoms with Crippen LogP contribution in [0.2, 0.25) is 0 Å². The lowest BCUT2D eigenvalue weighted by atomic mass is 10.2. The van der Waals surface area contributed by atoms with Crippen LogP contribution in [0, 0.1) is 0 Å². The van der Waals surface area contributed by atoms with E-state index in [1.807, 2.05) is 0 Å². The average Bonchev–Trinajstić information content (AvgIpc) is 2.16. The fourth-order valence-electron chi connectivity index (χ4n) is 1.10. The molecular formula is C7H15BO3. The summed E-state index contributed by atoms with van der Waals surface area (Å²) in [6.07, 6.45) is 4.70. The molecule has 11 heavy (non-hydrogen) atoms. The minimum Gasteiger partial charge on any atom is -0.389 e. The fraction of sp³-hybridized carbons (Fsp3) is 1.00. The lowest BCUT2D eigenvalue weighted by molar-refractivity contribution is 0.116. The summed E-state index contributed by atoms with van der Waals surface area (Å²) in [6.45, 7) is 1.50. The van der Waals surface area contributed by atoms with Crippen LogP contribution in [0.5, 0.6) is 0 Å². The van der Waals surface area contributed by atoms with Crippen molar-refractivity contribution in [2.24, 2.45) is 0 Å². The Balaban J connectivity index is 2.19. The normalized spacial score (nSPS) is 22.1. The summed E-state index contributed by atoms with van der Waals surface area (Å²) < 4.78 is 15.5. The Hall–Kier alpha value is -0.0551. The highest BCUT2D eigenvalue weighted by Crippen LogP contribution is 2.05. The Morgan fingerprint density at radius 1 is 1.00 bits per heavy atom. The van der Waals surface area contributed by atoms with E-state index in [4.69, 9.17) is 14.0 Å². The highest BCUT2D eigenvalue weighted by Gasteiger charge is 2.19. The Bertz CT molecular complexity index is 89.7. The minimum atomic E-state index is -0.437. The first-order chi connectivity index (χ1) is 5.43. The molecule has 0 aromatic carbocycles. The van der Waals surface area contributed by atoms with Gasteiger partial charge in [0.2, 0.25) is 0 Å². The molecule has 0 aliphatic carbocycles. The van der Waals surface area contributed by atoms with E-state index >= 15 is 0 Å². The van der Waals surface area contributed by atoms with Gasteiger partial charge in [0.15, 0.2) is 0 Å². The second-order valence-electron chi connectivity index (χ2n) is 2.68. The Kier molecular flexibility index (Phi) is 4.58. The molecule has 0 amide bonds. The molecule has 4 heteroatoms. The molecule has 0 unspecified atom stereocenters. The third-order valence-electron chi connectivity index (χ3n) is 1.74. The summed E-state index contributed by atoms with van der Waals surface area (Å²) in [5.41, 5.74) is 0. The van der Waals surface area contributed by atoms with Gasteiger partial charge in [0.1, 0.15) is 0 Å². The summed E-state index contributed by atoms with van der Waals surface area (Å²) >= 11 is 0. The molecule has 0 atom stereocenters. The molecule has 0 aromatic heterocycles. The number of rotatable bonds is 1. The SMILES string of the molecule is COB1OCCCCCCO1. The van der Waals surface area contributed by atoms with Gasteiger partial charge in [0.25, 0.3) is 0 Å². The quantitative estimate of drug-likeness (QED) is 0.537. The zero-order chi connectivity index (χ0) is 7.94. The minimum absolute atomic E-state index is 0.437. The van der Waals surface area contributed by atoms with Crippen LogP contribution in [0.1, 0.15) is 25.7 Å². The van der Waals surface area contributed by atoms with E-state index in [0.29, 0.717) is 0 Å². The van der Waals surface area contributed by atoms with Crippen LogP contribution in [-0.2, 0) is 14.0 Å². The van der Waals surface area contributed by atoms with Gasteiger partial charge < -0.3 is 14.0 Å². The number of hydrogen-bond donors (Lipinski definition) is 0. The number of hydrogen-bond acceptors (Lipinski definition) is 3. The van der Waals surface area contributed by atoms with Gasteiger partial charge in [0.05, 0.1) is 0 Å².